The molecule has 0 saturated heterocycles. The Morgan fingerprint density at radius 2 is 1.79 bits per heavy atom. The number of carbonyl (C=O) groups excluding carboxylic acids is 2. The number of ether oxygens (including phenoxy) is 1. The molecule has 1 heterocycles. The van der Waals surface area contributed by atoms with E-state index in [1.165, 1.54) is 0 Å². The fraction of sp³-hybridized carbons (Fsp3) is 0.370. The molecule has 0 aliphatic rings. The van der Waals surface area contributed by atoms with E-state index in [0.29, 0.717) is 18.8 Å². The van der Waals surface area contributed by atoms with Crippen molar-refractivity contribution in [3.05, 3.63) is 60.7 Å². The molecule has 34 heavy (non-hydrogen) atoms. The van der Waals surface area contributed by atoms with E-state index in [9.17, 15) is 9.59 Å². The molecule has 7 heteroatoms. The highest BCUT2D eigenvalue weighted by atomic mass is 16.5. The normalized spacial score (nSPS) is 10.9. The number of carbonyl (C=O) groups is 2. The van der Waals surface area contributed by atoms with Crippen molar-refractivity contribution in [1.29, 1.82) is 0 Å². The number of nitrogens with zero attached hydrogens (tertiary/aromatic N) is 3. The third-order valence-corrected chi connectivity index (χ3v) is 5.38. The smallest absolute Gasteiger partial charge is 0.245 e. The first-order valence-electron chi connectivity index (χ1n) is 11.8. The van der Waals surface area contributed by atoms with Gasteiger partial charge in [0.25, 0.3) is 0 Å². The second-order valence-electron chi connectivity index (χ2n) is 8.71. The van der Waals surface area contributed by atoms with Gasteiger partial charge in [0.1, 0.15) is 11.6 Å². The molecular formula is C27H34N4O3. The van der Waals surface area contributed by atoms with Gasteiger partial charge in [-0.15, -0.1) is 0 Å². The third-order valence-electron chi connectivity index (χ3n) is 5.38. The van der Waals surface area contributed by atoms with Crippen LogP contribution in [0.1, 0.15) is 40.0 Å². The van der Waals surface area contributed by atoms with E-state index in [2.05, 4.69) is 12.2 Å². The van der Waals surface area contributed by atoms with Gasteiger partial charge < -0.3 is 15.0 Å². The predicted octanol–water partition coefficient (Wildman–Crippen LogP) is 5.16. The minimum absolute atomic E-state index is 0.00912. The van der Waals surface area contributed by atoms with E-state index < -0.39 is 0 Å². The van der Waals surface area contributed by atoms with E-state index in [4.69, 9.17) is 9.84 Å². The van der Waals surface area contributed by atoms with Crippen LogP contribution in [-0.2, 0) is 9.59 Å². The number of rotatable bonds is 11. The summed E-state index contributed by atoms with van der Waals surface area (Å²) in [6, 6.07) is 19.1. The topological polar surface area (TPSA) is 76.5 Å². The number of nitrogens with one attached hydrogen (secondary N) is 1. The standard InChI is InChI=1S/C27H34N4O3/c1-5-6-12-27(33)30(18-20(2)3)19-26(32)28-25-17-24(21-10-8-7-9-11-21)29-31(25)22-13-15-23(34-4)16-14-22/h7-11,13-17,20H,5-6,12,18-19H2,1-4H3,(H,28,32). The molecular weight excluding hydrogens is 428 g/mol. The summed E-state index contributed by atoms with van der Waals surface area (Å²) in [5.74, 6) is 1.31. The van der Waals surface area contributed by atoms with Crippen molar-refractivity contribution < 1.29 is 14.3 Å². The van der Waals surface area contributed by atoms with Crippen molar-refractivity contribution in [3.8, 4) is 22.7 Å². The van der Waals surface area contributed by atoms with Gasteiger partial charge in [0.15, 0.2) is 0 Å². The minimum atomic E-state index is -0.250. The number of amides is 2. The molecule has 0 aliphatic heterocycles. The predicted molar refractivity (Wildman–Crippen MR) is 135 cm³/mol. The highest BCUT2D eigenvalue weighted by Gasteiger charge is 2.20. The Morgan fingerprint density at radius 1 is 1.09 bits per heavy atom. The van der Waals surface area contributed by atoms with Gasteiger partial charge >= 0.3 is 0 Å². The Kier molecular flexibility index (Phi) is 8.85. The Labute approximate surface area is 201 Å². The molecule has 7 nitrogen and oxygen atoms in total. The van der Waals surface area contributed by atoms with Gasteiger partial charge in [-0.25, -0.2) is 4.68 Å². The lowest BCUT2D eigenvalue weighted by Gasteiger charge is -2.24. The summed E-state index contributed by atoms with van der Waals surface area (Å²) < 4.78 is 6.96. The van der Waals surface area contributed by atoms with E-state index in [1.54, 1.807) is 16.7 Å². The summed E-state index contributed by atoms with van der Waals surface area (Å²) in [5, 5.41) is 7.72. The Hall–Kier alpha value is -3.61. The Morgan fingerprint density at radius 3 is 2.41 bits per heavy atom. The highest BCUT2D eigenvalue weighted by molar-refractivity contribution is 5.94. The molecule has 0 saturated carbocycles. The zero-order chi connectivity index (χ0) is 24.5. The zero-order valence-electron chi connectivity index (χ0n) is 20.5. The fourth-order valence-corrected chi connectivity index (χ4v) is 3.68. The molecule has 1 aromatic heterocycles. The number of benzene rings is 2. The van der Waals surface area contributed by atoms with Crippen molar-refractivity contribution in [2.75, 3.05) is 25.5 Å². The molecule has 0 fully saturated rings. The molecule has 0 radical (unpaired) electrons. The molecule has 2 aromatic carbocycles. The van der Waals surface area contributed by atoms with Crippen molar-refractivity contribution >= 4 is 17.6 Å². The average molecular weight is 463 g/mol. The first-order chi connectivity index (χ1) is 16.4. The van der Waals surface area contributed by atoms with Crippen LogP contribution in [0.15, 0.2) is 60.7 Å². The number of hydrogen-bond donors (Lipinski definition) is 1. The van der Waals surface area contributed by atoms with Crippen molar-refractivity contribution in [2.24, 2.45) is 5.92 Å². The second-order valence-corrected chi connectivity index (χ2v) is 8.71. The van der Waals surface area contributed by atoms with Crippen LogP contribution in [0.2, 0.25) is 0 Å². The number of aromatic nitrogens is 2. The second kappa shape index (κ2) is 12.0. The number of hydrogen-bond acceptors (Lipinski definition) is 4. The van der Waals surface area contributed by atoms with Gasteiger partial charge in [0.05, 0.1) is 25.0 Å². The van der Waals surface area contributed by atoms with Gasteiger partial charge in [-0.1, -0.05) is 57.5 Å². The third kappa shape index (κ3) is 6.70. The molecule has 0 atom stereocenters. The van der Waals surface area contributed by atoms with Gasteiger partial charge in [0, 0.05) is 24.6 Å². The van der Waals surface area contributed by atoms with E-state index in [0.717, 1.165) is 35.5 Å². The van der Waals surface area contributed by atoms with Gasteiger partial charge in [-0.05, 0) is 36.6 Å². The van der Waals surface area contributed by atoms with Crippen LogP contribution in [0.4, 0.5) is 5.82 Å². The maximum Gasteiger partial charge on any atom is 0.245 e. The lowest BCUT2D eigenvalue weighted by Crippen LogP contribution is -2.40. The lowest BCUT2D eigenvalue weighted by molar-refractivity contribution is -0.135. The molecule has 3 rings (SSSR count). The molecule has 0 aliphatic carbocycles. The molecule has 0 bridgehead atoms. The quantitative estimate of drug-likeness (QED) is 0.427. The number of unbranched alkanes of at least 4 members (excludes halogenated alkanes) is 1. The van der Waals surface area contributed by atoms with E-state index >= 15 is 0 Å². The summed E-state index contributed by atoms with van der Waals surface area (Å²) in [6.07, 6.45) is 2.22. The Balaban J connectivity index is 1.86. The number of anilines is 1. The van der Waals surface area contributed by atoms with Crippen LogP contribution in [0.25, 0.3) is 16.9 Å². The molecule has 3 aromatic rings. The monoisotopic (exact) mass is 462 g/mol. The molecule has 2 amide bonds. The van der Waals surface area contributed by atoms with Crippen LogP contribution in [-0.4, -0.2) is 46.7 Å². The van der Waals surface area contributed by atoms with E-state index in [1.807, 2.05) is 74.5 Å². The summed E-state index contributed by atoms with van der Waals surface area (Å²) in [5.41, 5.74) is 2.47. The largest absolute Gasteiger partial charge is 0.497 e. The van der Waals surface area contributed by atoms with Crippen LogP contribution in [0.3, 0.4) is 0 Å². The molecule has 0 unspecified atom stereocenters. The molecule has 0 spiro atoms. The van der Waals surface area contributed by atoms with Crippen LogP contribution in [0, 0.1) is 5.92 Å². The van der Waals surface area contributed by atoms with Crippen molar-refractivity contribution in [3.63, 3.8) is 0 Å². The van der Waals surface area contributed by atoms with Crippen molar-refractivity contribution in [2.45, 2.75) is 40.0 Å². The van der Waals surface area contributed by atoms with Gasteiger partial charge in [-0.2, -0.15) is 5.10 Å². The Bertz CT molecular complexity index is 1080. The van der Waals surface area contributed by atoms with Crippen molar-refractivity contribution in [1.82, 2.24) is 14.7 Å². The summed E-state index contributed by atoms with van der Waals surface area (Å²) >= 11 is 0. The van der Waals surface area contributed by atoms with Crippen LogP contribution in [0.5, 0.6) is 5.75 Å². The summed E-state index contributed by atoms with van der Waals surface area (Å²) in [6.45, 7) is 6.70. The minimum Gasteiger partial charge on any atom is -0.497 e. The SMILES string of the molecule is CCCCC(=O)N(CC(=O)Nc1cc(-c2ccccc2)nn1-c1ccc(OC)cc1)CC(C)C. The summed E-state index contributed by atoms with van der Waals surface area (Å²) in [4.78, 5) is 27.4. The van der Waals surface area contributed by atoms with Crippen LogP contribution >= 0.6 is 0 Å². The van der Waals surface area contributed by atoms with Crippen LogP contribution < -0.4 is 10.1 Å². The number of methoxy groups -OCH3 is 1. The highest BCUT2D eigenvalue weighted by Crippen LogP contribution is 2.26. The first kappa shape index (κ1) is 25.0. The summed E-state index contributed by atoms with van der Waals surface area (Å²) in [7, 11) is 1.62. The fourth-order valence-electron chi connectivity index (χ4n) is 3.68. The maximum atomic E-state index is 13.0. The van der Waals surface area contributed by atoms with E-state index in [-0.39, 0.29) is 24.3 Å². The maximum absolute atomic E-state index is 13.0. The van der Waals surface area contributed by atoms with Gasteiger partial charge in [0.2, 0.25) is 11.8 Å². The first-order valence-corrected chi connectivity index (χ1v) is 11.8. The lowest BCUT2D eigenvalue weighted by atomic mass is 10.1. The molecule has 1 N–H and O–H groups in total. The average Bonchev–Trinajstić information content (AvgIpc) is 3.26. The molecule has 180 valence electrons. The zero-order valence-corrected chi connectivity index (χ0v) is 20.5. The van der Waals surface area contributed by atoms with Gasteiger partial charge in [-0.3, -0.25) is 9.59 Å².